The smallest absolute Gasteiger partial charge is 0.0897 e. The number of rotatable bonds is 1. The minimum absolute atomic E-state index is 0.270. The lowest BCUT2D eigenvalue weighted by Crippen LogP contribution is -2.36. The normalized spacial score (nSPS) is 30.4. The Morgan fingerprint density at radius 3 is 2.38 bits per heavy atom. The van der Waals surface area contributed by atoms with Crippen LogP contribution in [0.2, 0.25) is 0 Å². The second-order valence-corrected chi connectivity index (χ2v) is 5.17. The van der Waals surface area contributed by atoms with Gasteiger partial charge in [0.2, 0.25) is 0 Å². The van der Waals surface area contributed by atoms with Gasteiger partial charge in [-0.25, -0.2) is 0 Å². The van der Waals surface area contributed by atoms with Crippen molar-refractivity contribution in [3.63, 3.8) is 0 Å². The van der Waals surface area contributed by atoms with Crippen molar-refractivity contribution in [1.82, 2.24) is 0 Å². The fourth-order valence-corrected chi connectivity index (χ4v) is 2.44. The molecule has 0 atom stereocenters. The van der Waals surface area contributed by atoms with Crippen LogP contribution in [-0.2, 0) is 5.60 Å². The molecule has 1 saturated carbocycles. The Balaban J connectivity index is 2.25. The van der Waals surface area contributed by atoms with Crippen molar-refractivity contribution in [2.24, 2.45) is 5.73 Å². The summed E-state index contributed by atoms with van der Waals surface area (Å²) >= 11 is 0. The molecule has 1 aliphatic carbocycles. The topological polar surface area (TPSA) is 46.2 Å². The Morgan fingerprint density at radius 1 is 1.19 bits per heavy atom. The molecular weight excluding hydrogens is 198 g/mol. The van der Waals surface area contributed by atoms with Crippen LogP contribution in [-0.4, -0.2) is 11.1 Å². The summed E-state index contributed by atoms with van der Waals surface area (Å²) in [5.41, 5.74) is 8.82. The van der Waals surface area contributed by atoms with Gasteiger partial charge in [-0.1, -0.05) is 18.2 Å². The van der Waals surface area contributed by atoms with Gasteiger partial charge in [0.05, 0.1) is 5.60 Å². The Hall–Kier alpha value is -0.860. The van der Waals surface area contributed by atoms with Crippen LogP contribution in [0.3, 0.4) is 0 Å². The Kier molecular flexibility index (Phi) is 3.04. The third-order valence-electron chi connectivity index (χ3n) is 3.90. The lowest BCUT2D eigenvalue weighted by atomic mass is 9.77. The number of hydrogen-bond acceptors (Lipinski definition) is 2. The molecule has 1 aromatic carbocycles. The number of hydrogen-bond donors (Lipinski definition) is 2. The molecule has 88 valence electrons. The fraction of sp³-hybridized carbons (Fsp3) is 0.571. The van der Waals surface area contributed by atoms with Crippen molar-refractivity contribution < 1.29 is 5.11 Å². The third kappa shape index (κ3) is 2.13. The van der Waals surface area contributed by atoms with E-state index >= 15 is 0 Å². The predicted molar refractivity (Wildman–Crippen MR) is 66.3 cm³/mol. The molecule has 16 heavy (non-hydrogen) atoms. The molecule has 0 saturated heterocycles. The van der Waals surface area contributed by atoms with Crippen molar-refractivity contribution in [3.8, 4) is 0 Å². The van der Waals surface area contributed by atoms with Gasteiger partial charge >= 0.3 is 0 Å². The highest BCUT2D eigenvalue weighted by Gasteiger charge is 2.33. The van der Waals surface area contributed by atoms with E-state index in [-0.39, 0.29) is 6.04 Å². The summed E-state index contributed by atoms with van der Waals surface area (Å²) < 4.78 is 0. The van der Waals surface area contributed by atoms with Crippen LogP contribution >= 0.6 is 0 Å². The Bertz CT molecular complexity index is 378. The highest BCUT2D eigenvalue weighted by Crippen LogP contribution is 2.37. The monoisotopic (exact) mass is 219 g/mol. The first-order chi connectivity index (χ1) is 7.51. The van der Waals surface area contributed by atoms with E-state index in [0.29, 0.717) is 0 Å². The van der Waals surface area contributed by atoms with Gasteiger partial charge in [0, 0.05) is 6.04 Å². The summed E-state index contributed by atoms with van der Waals surface area (Å²) in [6.45, 7) is 4.19. The summed E-state index contributed by atoms with van der Waals surface area (Å²) in [5, 5.41) is 10.6. The van der Waals surface area contributed by atoms with Crippen LogP contribution in [0.15, 0.2) is 18.2 Å². The maximum atomic E-state index is 10.6. The molecule has 2 rings (SSSR count). The fourth-order valence-electron chi connectivity index (χ4n) is 2.44. The number of nitrogens with two attached hydrogens (primary N) is 1. The van der Waals surface area contributed by atoms with Crippen molar-refractivity contribution >= 4 is 0 Å². The van der Waals surface area contributed by atoms with E-state index in [9.17, 15) is 5.11 Å². The molecule has 0 radical (unpaired) electrons. The molecule has 0 spiro atoms. The van der Waals surface area contributed by atoms with Gasteiger partial charge in [-0.15, -0.1) is 0 Å². The lowest BCUT2D eigenvalue weighted by Gasteiger charge is -2.35. The molecule has 1 fully saturated rings. The van der Waals surface area contributed by atoms with E-state index in [1.165, 1.54) is 11.1 Å². The standard InChI is InChI=1S/C14H21NO/c1-10-3-4-12(9-11(10)2)14(16)7-5-13(15)6-8-14/h3-4,9,13,16H,5-8,15H2,1-2H3. The van der Waals surface area contributed by atoms with Crippen molar-refractivity contribution in [1.29, 1.82) is 0 Å². The highest BCUT2D eigenvalue weighted by atomic mass is 16.3. The minimum atomic E-state index is -0.645. The zero-order valence-corrected chi connectivity index (χ0v) is 10.2. The van der Waals surface area contributed by atoms with Crippen LogP contribution in [0.4, 0.5) is 0 Å². The number of aliphatic hydroxyl groups is 1. The first-order valence-corrected chi connectivity index (χ1v) is 6.07. The molecule has 0 bridgehead atoms. The van der Waals surface area contributed by atoms with E-state index < -0.39 is 5.60 Å². The van der Waals surface area contributed by atoms with Crippen molar-refractivity contribution in [2.75, 3.05) is 0 Å². The van der Waals surface area contributed by atoms with E-state index in [4.69, 9.17) is 5.73 Å². The van der Waals surface area contributed by atoms with E-state index in [1.54, 1.807) is 0 Å². The third-order valence-corrected chi connectivity index (χ3v) is 3.90. The molecular formula is C14H21NO. The molecule has 0 aromatic heterocycles. The van der Waals surface area contributed by atoms with Gasteiger partial charge in [0.15, 0.2) is 0 Å². The lowest BCUT2D eigenvalue weighted by molar-refractivity contribution is -0.00501. The van der Waals surface area contributed by atoms with E-state index in [0.717, 1.165) is 31.2 Å². The van der Waals surface area contributed by atoms with Gasteiger partial charge in [-0.2, -0.15) is 0 Å². The van der Waals surface area contributed by atoms with Gasteiger partial charge in [-0.05, 0) is 56.2 Å². The first kappa shape index (κ1) is 11.6. The molecule has 0 heterocycles. The summed E-state index contributed by atoms with van der Waals surface area (Å²) in [6, 6.07) is 6.54. The number of aryl methyl sites for hydroxylation is 2. The van der Waals surface area contributed by atoms with E-state index in [2.05, 4.69) is 32.0 Å². The van der Waals surface area contributed by atoms with Gasteiger partial charge in [0.1, 0.15) is 0 Å². The Labute approximate surface area is 97.5 Å². The average molecular weight is 219 g/mol. The molecule has 0 amide bonds. The highest BCUT2D eigenvalue weighted by molar-refractivity contribution is 5.33. The minimum Gasteiger partial charge on any atom is -0.385 e. The first-order valence-electron chi connectivity index (χ1n) is 6.07. The molecule has 2 heteroatoms. The maximum Gasteiger partial charge on any atom is 0.0897 e. The SMILES string of the molecule is Cc1ccc(C2(O)CCC(N)CC2)cc1C. The van der Waals surface area contributed by atoms with Gasteiger partial charge in [-0.3, -0.25) is 0 Å². The van der Waals surface area contributed by atoms with Crippen LogP contribution in [0.1, 0.15) is 42.4 Å². The molecule has 1 aromatic rings. The number of benzene rings is 1. The van der Waals surface area contributed by atoms with Crippen LogP contribution in [0.25, 0.3) is 0 Å². The van der Waals surface area contributed by atoms with Gasteiger partial charge < -0.3 is 10.8 Å². The van der Waals surface area contributed by atoms with Crippen LogP contribution < -0.4 is 5.73 Å². The van der Waals surface area contributed by atoms with Crippen molar-refractivity contribution in [3.05, 3.63) is 34.9 Å². The molecule has 3 N–H and O–H groups in total. The molecule has 2 nitrogen and oxygen atoms in total. The Morgan fingerprint density at radius 2 is 1.81 bits per heavy atom. The van der Waals surface area contributed by atoms with Gasteiger partial charge in [0.25, 0.3) is 0 Å². The summed E-state index contributed by atoms with van der Waals surface area (Å²) in [6.07, 6.45) is 3.42. The zero-order chi connectivity index (χ0) is 11.8. The van der Waals surface area contributed by atoms with Crippen molar-refractivity contribution in [2.45, 2.75) is 51.2 Å². The maximum absolute atomic E-state index is 10.6. The summed E-state index contributed by atoms with van der Waals surface area (Å²) in [7, 11) is 0. The molecule has 0 aliphatic heterocycles. The molecule has 0 unspecified atom stereocenters. The molecule has 1 aliphatic rings. The van der Waals surface area contributed by atoms with Crippen LogP contribution in [0, 0.1) is 13.8 Å². The zero-order valence-electron chi connectivity index (χ0n) is 10.2. The largest absolute Gasteiger partial charge is 0.385 e. The average Bonchev–Trinajstić information content (AvgIpc) is 2.26. The van der Waals surface area contributed by atoms with E-state index in [1.807, 2.05) is 0 Å². The second kappa shape index (κ2) is 4.19. The van der Waals surface area contributed by atoms with Crippen LogP contribution in [0.5, 0.6) is 0 Å². The summed E-state index contributed by atoms with van der Waals surface area (Å²) in [5.74, 6) is 0. The predicted octanol–water partition coefficient (Wildman–Crippen LogP) is 2.39. The quantitative estimate of drug-likeness (QED) is 0.762. The second-order valence-electron chi connectivity index (χ2n) is 5.17. The summed E-state index contributed by atoms with van der Waals surface area (Å²) in [4.78, 5) is 0.